The molecule has 23 heavy (non-hydrogen) atoms. The molecule has 0 fully saturated rings. The summed E-state index contributed by atoms with van der Waals surface area (Å²) in [6.07, 6.45) is 0. The molecule has 0 atom stereocenters. The lowest BCUT2D eigenvalue weighted by Crippen LogP contribution is -2.24. The molecule has 0 saturated heterocycles. The Morgan fingerprint density at radius 2 is 1.78 bits per heavy atom. The molecule has 0 saturated carbocycles. The lowest BCUT2D eigenvalue weighted by Gasteiger charge is -2.07. The lowest BCUT2D eigenvalue weighted by atomic mass is 10.2. The molecule has 122 valence electrons. The van der Waals surface area contributed by atoms with E-state index < -0.39 is 6.61 Å². The van der Waals surface area contributed by atoms with E-state index >= 15 is 0 Å². The van der Waals surface area contributed by atoms with Gasteiger partial charge in [-0.05, 0) is 42.0 Å². The summed E-state index contributed by atoms with van der Waals surface area (Å²) >= 11 is 7.20. The molecular formula is C16H14ClF2NO2S. The third-order valence-corrected chi connectivity index (χ3v) is 4.09. The van der Waals surface area contributed by atoms with Gasteiger partial charge < -0.3 is 10.1 Å². The van der Waals surface area contributed by atoms with Crippen molar-refractivity contribution in [2.24, 2.45) is 0 Å². The predicted octanol–water partition coefficient (Wildman–Crippen LogP) is 4.35. The van der Waals surface area contributed by atoms with E-state index in [1.807, 2.05) is 12.1 Å². The van der Waals surface area contributed by atoms with Gasteiger partial charge >= 0.3 is 6.61 Å². The maximum atomic E-state index is 12.0. The molecule has 1 N–H and O–H groups in total. The van der Waals surface area contributed by atoms with Gasteiger partial charge in [0.1, 0.15) is 5.75 Å². The van der Waals surface area contributed by atoms with E-state index in [9.17, 15) is 13.6 Å². The topological polar surface area (TPSA) is 38.3 Å². The number of alkyl halides is 2. The molecule has 1 amide bonds. The van der Waals surface area contributed by atoms with Crippen molar-refractivity contribution in [1.29, 1.82) is 0 Å². The Morgan fingerprint density at radius 1 is 1.13 bits per heavy atom. The van der Waals surface area contributed by atoms with Gasteiger partial charge in [0.05, 0.1) is 5.75 Å². The third-order valence-electron chi connectivity index (χ3n) is 2.82. The number of hydrogen-bond donors (Lipinski definition) is 1. The predicted molar refractivity (Wildman–Crippen MR) is 87.1 cm³/mol. The van der Waals surface area contributed by atoms with Crippen molar-refractivity contribution in [3.05, 3.63) is 59.1 Å². The summed E-state index contributed by atoms with van der Waals surface area (Å²) in [7, 11) is 0. The molecule has 0 unspecified atom stereocenters. The van der Waals surface area contributed by atoms with Crippen LogP contribution in [-0.4, -0.2) is 18.3 Å². The molecule has 2 aromatic carbocycles. The summed E-state index contributed by atoms with van der Waals surface area (Å²) in [6.45, 7) is -2.51. The molecule has 2 aromatic rings. The molecule has 3 nitrogen and oxygen atoms in total. The fourth-order valence-electron chi connectivity index (χ4n) is 1.72. The van der Waals surface area contributed by atoms with Crippen molar-refractivity contribution >= 4 is 29.3 Å². The number of thioether (sulfide) groups is 1. The Balaban J connectivity index is 1.74. The molecule has 0 aliphatic carbocycles. The molecule has 0 aromatic heterocycles. The van der Waals surface area contributed by atoms with E-state index in [0.29, 0.717) is 11.6 Å². The first-order valence-corrected chi connectivity index (χ1v) is 8.08. The molecule has 0 radical (unpaired) electrons. The fourth-order valence-corrected chi connectivity index (χ4v) is 2.57. The average Bonchev–Trinajstić information content (AvgIpc) is 2.53. The molecule has 2 rings (SSSR count). The minimum Gasteiger partial charge on any atom is -0.435 e. The summed E-state index contributed by atoms with van der Waals surface area (Å²) in [5.74, 6) is 0.264. The summed E-state index contributed by atoms with van der Waals surface area (Å²) in [4.78, 5) is 12.7. The van der Waals surface area contributed by atoms with E-state index in [-0.39, 0.29) is 17.4 Å². The molecule has 0 heterocycles. The highest BCUT2D eigenvalue weighted by atomic mass is 35.5. The highest BCUT2D eigenvalue weighted by molar-refractivity contribution is 8.00. The Labute approximate surface area is 142 Å². The van der Waals surface area contributed by atoms with Gasteiger partial charge in [-0.2, -0.15) is 8.78 Å². The maximum absolute atomic E-state index is 12.0. The molecule has 0 aliphatic heterocycles. The van der Waals surface area contributed by atoms with Crippen LogP contribution in [0.15, 0.2) is 53.4 Å². The van der Waals surface area contributed by atoms with Crippen molar-refractivity contribution < 1.29 is 18.3 Å². The zero-order valence-electron chi connectivity index (χ0n) is 12.0. The molecule has 0 bridgehead atoms. The van der Waals surface area contributed by atoms with Crippen LogP contribution < -0.4 is 10.1 Å². The van der Waals surface area contributed by atoms with E-state index in [0.717, 1.165) is 10.5 Å². The van der Waals surface area contributed by atoms with Crippen molar-refractivity contribution in [3.8, 4) is 5.75 Å². The number of nitrogens with one attached hydrogen (secondary N) is 1. The Hall–Kier alpha value is -1.79. The monoisotopic (exact) mass is 357 g/mol. The lowest BCUT2D eigenvalue weighted by molar-refractivity contribution is -0.118. The van der Waals surface area contributed by atoms with E-state index in [2.05, 4.69) is 10.1 Å². The van der Waals surface area contributed by atoms with Gasteiger partial charge in [0.25, 0.3) is 0 Å². The quantitative estimate of drug-likeness (QED) is 0.749. The first kappa shape index (κ1) is 17.6. The molecular weight excluding hydrogens is 344 g/mol. The summed E-state index contributed by atoms with van der Waals surface area (Å²) < 4.78 is 28.3. The van der Waals surface area contributed by atoms with Crippen LogP contribution in [0, 0.1) is 0 Å². The Morgan fingerprint density at radius 3 is 2.39 bits per heavy atom. The second kappa shape index (κ2) is 8.74. The highest BCUT2D eigenvalue weighted by Gasteiger charge is 2.05. The molecule has 7 heteroatoms. The van der Waals surface area contributed by atoms with Gasteiger partial charge in [-0.15, -0.1) is 11.8 Å². The van der Waals surface area contributed by atoms with Crippen LogP contribution in [0.1, 0.15) is 5.56 Å². The average molecular weight is 358 g/mol. The zero-order chi connectivity index (χ0) is 16.7. The SMILES string of the molecule is O=C(CSc1ccc(Cl)cc1)NCc1ccc(OC(F)F)cc1. The van der Waals surface area contributed by atoms with E-state index in [4.69, 9.17) is 11.6 Å². The number of halogens is 3. The van der Waals surface area contributed by atoms with Gasteiger partial charge in [-0.3, -0.25) is 4.79 Å². The van der Waals surface area contributed by atoms with E-state index in [1.54, 1.807) is 24.3 Å². The third kappa shape index (κ3) is 6.46. The van der Waals surface area contributed by atoms with Gasteiger partial charge in [0.2, 0.25) is 5.91 Å². The largest absolute Gasteiger partial charge is 0.435 e. The van der Waals surface area contributed by atoms with Crippen LogP contribution in [0.5, 0.6) is 5.75 Å². The number of carbonyl (C=O) groups excluding carboxylic acids is 1. The van der Waals surface area contributed by atoms with Crippen LogP contribution in [0.2, 0.25) is 5.02 Å². The number of carbonyl (C=O) groups is 1. The molecule has 0 spiro atoms. The Kier molecular flexibility index (Phi) is 6.67. The van der Waals surface area contributed by atoms with Crippen LogP contribution in [0.25, 0.3) is 0 Å². The van der Waals surface area contributed by atoms with Crippen molar-refractivity contribution in [1.82, 2.24) is 5.32 Å². The smallest absolute Gasteiger partial charge is 0.387 e. The zero-order valence-corrected chi connectivity index (χ0v) is 13.5. The summed E-state index contributed by atoms with van der Waals surface area (Å²) in [5, 5.41) is 3.42. The standard InChI is InChI=1S/C16H14ClF2NO2S/c17-12-3-7-14(8-4-12)23-10-15(21)20-9-11-1-5-13(6-2-11)22-16(18)19/h1-8,16H,9-10H2,(H,20,21). The van der Waals surface area contributed by atoms with Gasteiger partial charge in [0, 0.05) is 16.5 Å². The number of ether oxygens (including phenoxy) is 1. The van der Waals surface area contributed by atoms with Crippen LogP contribution in [-0.2, 0) is 11.3 Å². The van der Waals surface area contributed by atoms with Gasteiger partial charge in [-0.25, -0.2) is 0 Å². The van der Waals surface area contributed by atoms with Crippen LogP contribution >= 0.6 is 23.4 Å². The Bertz CT molecular complexity index is 636. The van der Waals surface area contributed by atoms with Crippen LogP contribution in [0.4, 0.5) is 8.78 Å². The first-order valence-electron chi connectivity index (χ1n) is 6.72. The number of amides is 1. The van der Waals surface area contributed by atoms with Crippen LogP contribution in [0.3, 0.4) is 0 Å². The highest BCUT2D eigenvalue weighted by Crippen LogP contribution is 2.20. The van der Waals surface area contributed by atoms with Crippen molar-refractivity contribution in [2.75, 3.05) is 5.75 Å². The minimum absolute atomic E-state index is 0.0911. The second-order valence-electron chi connectivity index (χ2n) is 4.54. The van der Waals surface area contributed by atoms with Crippen molar-refractivity contribution in [3.63, 3.8) is 0 Å². The summed E-state index contributed by atoms with van der Waals surface area (Å²) in [5.41, 5.74) is 0.802. The first-order chi connectivity index (χ1) is 11.0. The second-order valence-corrected chi connectivity index (χ2v) is 6.03. The maximum Gasteiger partial charge on any atom is 0.387 e. The molecule has 0 aliphatic rings. The fraction of sp³-hybridized carbons (Fsp3) is 0.188. The summed E-state index contributed by atoms with van der Waals surface area (Å²) in [6, 6.07) is 13.4. The normalized spacial score (nSPS) is 10.6. The number of hydrogen-bond acceptors (Lipinski definition) is 3. The van der Waals surface area contributed by atoms with Gasteiger partial charge in [-0.1, -0.05) is 23.7 Å². The number of benzene rings is 2. The van der Waals surface area contributed by atoms with Gasteiger partial charge in [0.15, 0.2) is 0 Å². The minimum atomic E-state index is -2.84. The number of rotatable bonds is 7. The van der Waals surface area contributed by atoms with E-state index in [1.165, 1.54) is 23.9 Å². The van der Waals surface area contributed by atoms with Crippen molar-refractivity contribution in [2.45, 2.75) is 18.1 Å².